The molecular formula is C34H36N2O2S. The van der Waals surface area contributed by atoms with Gasteiger partial charge in [0.25, 0.3) is 5.91 Å². The van der Waals surface area contributed by atoms with Crippen LogP contribution in [0.2, 0.25) is 0 Å². The summed E-state index contributed by atoms with van der Waals surface area (Å²) in [6.45, 7) is 9.55. The molecule has 1 heterocycles. The van der Waals surface area contributed by atoms with Crippen molar-refractivity contribution < 1.29 is 9.53 Å². The topological polar surface area (TPSA) is 50.7 Å². The van der Waals surface area contributed by atoms with Crippen LogP contribution in [-0.2, 0) is 19.4 Å². The highest BCUT2D eigenvalue weighted by atomic mass is 32.1. The minimum atomic E-state index is -0.0834. The molecule has 0 bridgehead atoms. The van der Waals surface area contributed by atoms with E-state index in [2.05, 4.69) is 57.3 Å². The molecule has 39 heavy (non-hydrogen) atoms. The number of benzene rings is 3. The minimum absolute atomic E-state index is 0.0834. The van der Waals surface area contributed by atoms with E-state index in [9.17, 15) is 4.79 Å². The van der Waals surface area contributed by atoms with Gasteiger partial charge in [0.1, 0.15) is 17.4 Å². The first-order valence-corrected chi connectivity index (χ1v) is 14.4. The number of thiophene rings is 1. The Bertz CT molecular complexity index is 1450. The smallest absolute Gasteiger partial charge is 0.259 e. The maximum atomic E-state index is 13.5. The number of nitrogens with zero attached hydrogens (tertiary/aromatic N) is 1. The lowest BCUT2D eigenvalue weighted by Crippen LogP contribution is -2.27. The predicted molar refractivity (Wildman–Crippen MR) is 163 cm³/mol. The van der Waals surface area contributed by atoms with E-state index in [0.717, 1.165) is 52.4 Å². The molecule has 1 aliphatic carbocycles. The first-order valence-electron chi connectivity index (χ1n) is 13.6. The number of carbonyl (C=O) groups is 1. The van der Waals surface area contributed by atoms with Gasteiger partial charge in [-0.15, -0.1) is 11.3 Å². The zero-order chi connectivity index (χ0) is 27.4. The first kappa shape index (κ1) is 26.9. The van der Waals surface area contributed by atoms with Gasteiger partial charge in [0.2, 0.25) is 0 Å². The highest BCUT2D eigenvalue weighted by Crippen LogP contribution is 2.45. The molecule has 0 unspecified atom stereocenters. The van der Waals surface area contributed by atoms with Crippen LogP contribution in [0.3, 0.4) is 0 Å². The molecule has 0 saturated carbocycles. The Balaban J connectivity index is 1.35. The quantitative estimate of drug-likeness (QED) is 0.240. The predicted octanol–water partition coefficient (Wildman–Crippen LogP) is 8.79. The number of carbonyl (C=O) groups excluding carboxylic acids is 1. The third kappa shape index (κ3) is 6.66. The third-order valence-electron chi connectivity index (χ3n) is 7.47. The van der Waals surface area contributed by atoms with Gasteiger partial charge in [-0.25, -0.2) is 4.99 Å². The molecular weight excluding hydrogens is 500 g/mol. The van der Waals surface area contributed by atoms with E-state index in [4.69, 9.17) is 9.73 Å². The zero-order valence-corrected chi connectivity index (χ0v) is 24.0. The molecule has 1 amide bonds. The van der Waals surface area contributed by atoms with Crippen molar-refractivity contribution in [1.29, 1.82) is 0 Å². The maximum absolute atomic E-state index is 13.5. The molecule has 5 rings (SSSR count). The molecule has 1 aromatic heterocycles. The Kier molecular flexibility index (Phi) is 7.99. The third-order valence-corrected chi connectivity index (χ3v) is 8.63. The number of aliphatic imine (C=N–C) groups is 1. The van der Waals surface area contributed by atoms with Crippen molar-refractivity contribution in [2.75, 3.05) is 5.32 Å². The van der Waals surface area contributed by atoms with Crippen molar-refractivity contribution in [3.05, 3.63) is 112 Å². The summed E-state index contributed by atoms with van der Waals surface area (Å²) < 4.78 is 5.95. The molecule has 200 valence electrons. The summed E-state index contributed by atoms with van der Waals surface area (Å²) in [7, 11) is 0. The second-order valence-corrected chi connectivity index (χ2v) is 12.5. The van der Waals surface area contributed by atoms with Crippen LogP contribution in [-0.4, -0.2) is 12.1 Å². The van der Waals surface area contributed by atoms with Crippen molar-refractivity contribution in [3.8, 4) is 5.75 Å². The van der Waals surface area contributed by atoms with Crippen molar-refractivity contribution in [3.63, 3.8) is 0 Å². The Hall–Kier alpha value is -3.70. The highest BCUT2D eigenvalue weighted by molar-refractivity contribution is 7.16. The van der Waals surface area contributed by atoms with E-state index >= 15 is 0 Å². The van der Waals surface area contributed by atoms with Crippen molar-refractivity contribution in [1.82, 2.24) is 0 Å². The van der Waals surface area contributed by atoms with Crippen molar-refractivity contribution in [2.24, 2.45) is 16.3 Å². The molecule has 1 atom stereocenters. The molecule has 3 aromatic carbocycles. The Morgan fingerprint density at radius 1 is 1.03 bits per heavy atom. The van der Waals surface area contributed by atoms with Crippen LogP contribution in [0, 0.1) is 18.3 Å². The van der Waals surface area contributed by atoms with E-state index in [1.165, 1.54) is 16.0 Å². The highest BCUT2D eigenvalue weighted by Gasteiger charge is 2.33. The summed E-state index contributed by atoms with van der Waals surface area (Å²) in [4.78, 5) is 19.7. The molecule has 0 aliphatic heterocycles. The number of hydrogen-bond acceptors (Lipinski definition) is 4. The number of fused-ring (bicyclic) bond motifs is 1. The first-order chi connectivity index (χ1) is 18.8. The van der Waals surface area contributed by atoms with E-state index < -0.39 is 0 Å². The molecule has 4 aromatic rings. The van der Waals surface area contributed by atoms with Gasteiger partial charge in [-0.05, 0) is 90.6 Å². The van der Waals surface area contributed by atoms with Gasteiger partial charge in [-0.2, -0.15) is 0 Å². The molecule has 5 heteroatoms. The van der Waals surface area contributed by atoms with Gasteiger partial charge < -0.3 is 10.1 Å². The molecule has 4 nitrogen and oxygen atoms in total. The molecule has 0 saturated heterocycles. The van der Waals surface area contributed by atoms with E-state index in [1.807, 2.05) is 60.8 Å². The second-order valence-electron chi connectivity index (χ2n) is 11.4. The molecule has 1 N–H and O–H groups in total. The number of hydrogen-bond donors (Lipinski definition) is 1. The van der Waals surface area contributed by atoms with Crippen LogP contribution < -0.4 is 10.1 Å². The number of aryl methyl sites for hydroxylation is 1. The molecule has 0 radical (unpaired) electrons. The largest absolute Gasteiger partial charge is 0.489 e. The fourth-order valence-electron chi connectivity index (χ4n) is 4.99. The van der Waals surface area contributed by atoms with Crippen LogP contribution >= 0.6 is 11.3 Å². The average Bonchev–Trinajstić information content (AvgIpc) is 3.30. The number of rotatable bonds is 7. The standard InChI is InChI=1S/C34H36N2O2S/c1-23-10-12-25(13-11-23)22-38-28-17-14-24(15-18-28)21-35-33-31(32(37)36-27-8-6-5-7-9-27)29-19-16-26(34(2,3)4)20-30(29)39-33/h5-15,17-18,21,26H,16,19-20,22H2,1-4H3,(H,36,37)/t26-/m1/s1. The van der Waals surface area contributed by atoms with Gasteiger partial charge in [-0.3, -0.25) is 4.79 Å². The van der Waals surface area contributed by atoms with Gasteiger partial charge >= 0.3 is 0 Å². The summed E-state index contributed by atoms with van der Waals surface area (Å²) in [5, 5.41) is 3.87. The van der Waals surface area contributed by atoms with Crippen LogP contribution in [0.15, 0.2) is 83.9 Å². The van der Waals surface area contributed by atoms with Gasteiger partial charge in [0.15, 0.2) is 0 Å². The second kappa shape index (κ2) is 11.6. The van der Waals surface area contributed by atoms with E-state index in [1.54, 1.807) is 11.3 Å². The van der Waals surface area contributed by atoms with Gasteiger partial charge in [-0.1, -0.05) is 68.8 Å². The number of ether oxygens (including phenoxy) is 1. The van der Waals surface area contributed by atoms with E-state index in [-0.39, 0.29) is 11.3 Å². The number of amides is 1. The minimum Gasteiger partial charge on any atom is -0.489 e. The zero-order valence-electron chi connectivity index (χ0n) is 23.2. The average molecular weight is 537 g/mol. The normalized spacial score (nSPS) is 15.2. The summed E-state index contributed by atoms with van der Waals surface area (Å²) in [5.74, 6) is 1.33. The van der Waals surface area contributed by atoms with Crippen molar-refractivity contribution in [2.45, 2.75) is 53.6 Å². The van der Waals surface area contributed by atoms with Crippen LogP contribution in [0.1, 0.15) is 64.7 Å². The fraction of sp³-hybridized carbons (Fsp3) is 0.294. The summed E-state index contributed by atoms with van der Waals surface area (Å²) in [6, 6.07) is 25.9. The Morgan fingerprint density at radius 2 is 1.74 bits per heavy atom. The van der Waals surface area contributed by atoms with Crippen LogP contribution in [0.4, 0.5) is 10.7 Å². The number of para-hydroxylation sites is 1. The van der Waals surface area contributed by atoms with Crippen LogP contribution in [0.25, 0.3) is 0 Å². The SMILES string of the molecule is Cc1ccc(COc2ccc(C=Nc3sc4c(c3C(=O)Nc3ccccc3)CC[C@@H](C(C)(C)C)C4)cc2)cc1. The van der Waals surface area contributed by atoms with Crippen molar-refractivity contribution >= 4 is 34.1 Å². The lowest BCUT2D eigenvalue weighted by Gasteiger charge is -2.33. The molecule has 0 spiro atoms. The molecule has 1 aliphatic rings. The Morgan fingerprint density at radius 3 is 2.44 bits per heavy atom. The molecule has 0 fully saturated rings. The van der Waals surface area contributed by atoms with Crippen LogP contribution in [0.5, 0.6) is 5.75 Å². The lowest BCUT2D eigenvalue weighted by molar-refractivity contribution is 0.102. The van der Waals surface area contributed by atoms with E-state index in [0.29, 0.717) is 12.5 Å². The van der Waals surface area contributed by atoms with Gasteiger partial charge in [0.05, 0.1) is 5.56 Å². The summed E-state index contributed by atoms with van der Waals surface area (Å²) >= 11 is 1.67. The number of anilines is 1. The lowest BCUT2D eigenvalue weighted by atomic mass is 9.72. The summed E-state index contributed by atoms with van der Waals surface area (Å²) in [6.07, 6.45) is 4.85. The van der Waals surface area contributed by atoms with Gasteiger partial charge in [0, 0.05) is 16.8 Å². The number of nitrogens with one attached hydrogen (secondary N) is 1. The summed E-state index contributed by atoms with van der Waals surface area (Å²) in [5.41, 5.74) is 6.27. The monoisotopic (exact) mass is 536 g/mol. The fourth-order valence-corrected chi connectivity index (χ4v) is 6.25. The Labute approximate surface area is 235 Å². The maximum Gasteiger partial charge on any atom is 0.259 e.